The van der Waals surface area contributed by atoms with Gasteiger partial charge in [0.2, 0.25) is 5.91 Å². The van der Waals surface area contributed by atoms with Crippen molar-refractivity contribution in [2.45, 2.75) is 19.9 Å². The first-order valence-electron chi connectivity index (χ1n) is 5.31. The topological polar surface area (TPSA) is 92.4 Å². The summed E-state index contributed by atoms with van der Waals surface area (Å²) in [6.45, 7) is 3.65. The molecule has 0 aromatic heterocycles. The van der Waals surface area contributed by atoms with Gasteiger partial charge in [0.1, 0.15) is 6.04 Å². The standard InChI is InChI=1S/C12H16N2O3/c1-7(2)10(12(16)17)14-9-5-3-8(4-6-9)11(13)15/h3-7,10,14H,1-2H3,(H2,13,15)(H,16,17). The zero-order chi connectivity index (χ0) is 13.0. The second-order valence-electron chi connectivity index (χ2n) is 4.15. The Labute approximate surface area is 99.6 Å². The lowest BCUT2D eigenvalue weighted by atomic mass is 10.0. The van der Waals surface area contributed by atoms with Crippen LogP contribution >= 0.6 is 0 Å². The van der Waals surface area contributed by atoms with Gasteiger partial charge in [0.15, 0.2) is 0 Å². The van der Waals surface area contributed by atoms with E-state index in [0.29, 0.717) is 11.3 Å². The van der Waals surface area contributed by atoms with Crippen LogP contribution in [-0.2, 0) is 4.79 Å². The number of hydrogen-bond acceptors (Lipinski definition) is 3. The molecule has 0 fully saturated rings. The molecule has 17 heavy (non-hydrogen) atoms. The Kier molecular flexibility index (Phi) is 4.09. The molecule has 1 rings (SSSR count). The number of benzene rings is 1. The molecule has 0 aliphatic rings. The molecule has 0 heterocycles. The second kappa shape index (κ2) is 5.34. The number of carboxylic acids is 1. The number of amides is 1. The van der Waals surface area contributed by atoms with Crippen LogP contribution in [0.25, 0.3) is 0 Å². The molecule has 1 unspecified atom stereocenters. The number of hydrogen-bond donors (Lipinski definition) is 3. The number of carboxylic acid groups (broad SMARTS) is 1. The number of primary amides is 1. The lowest BCUT2D eigenvalue weighted by Crippen LogP contribution is -2.34. The van der Waals surface area contributed by atoms with Gasteiger partial charge in [0, 0.05) is 11.3 Å². The fourth-order valence-corrected chi connectivity index (χ4v) is 1.42. The van der Waals surface area contributed by atoms with Crippen LogP contribution in [0.3, 0.4) is 0 Å². The lowest BCUT2D eigenvalue weighted by molar-refractivity contribution is -0.138. The first-order chi connectivity index (χ1) is 7.91. The minimum Gasteiger partial charge on any atom is -0.480 e. The first kappa shape index (κ1) is 13.0. The maximum absolute atomic E-state index is 11.0. The van der Waals surface area contributed by atoms with E-state index in [1.807, 2.05) is 13.8 Å². The Hall–Kier alpha value is -2.04. The van der Waals surface area contributed by atoms with E-state index in [9.17, 15) is 9.59 Å². The molecule has 4 N–H and O–H groups in total. The highest BCUT2D eigenvalue weighted by Crippen LogP contribution is 2.14. The largest absolute Gasteiger partial charge is 0.480 e. The summed E-state index contributed by atoms with van der Waals surface area (Å²) in [7, 11) is 0. The molecule has 0 spiro atoms. The Bertz CT molecular complexity index is 412. The lowest BCUT2D eigenvalue weighted by Gasteiger charge is -2.19. The molecule has 0 saturated heterocycles. The molecule has 5 nitrogen and oxygen atoms in total. The molecule has 0 aliphatic carbocycles. The van der Waals surface area contributed by atoms with Gasteiger partial charge < -0.3 is 16.2 Å². The summed E-state index contributed by atoms with van der Waals surface area (Å²) in [6.07, 6.45) is 0. The van der Waals surface area contributed by atoms with Crippen molar-refractivity contribution in [1.29, 1.82) is 0 Å². The predicted molar refractivity (Wildman–Crippen MR) is 64.8 cm³/mol. The van der Waals surface area contributed by atoms with Gasteiger partial charge >= 0.3 is 5.97 Å². The second-order valence-corrected chi connectivity index (χ2v) is 4.15. The van der Waals surface area contributed by atoms with Crippen molar-refractivity contribution in [3.8, 4) is 0 Å². The monoisotopic (exact) mass is 236 g/mol. The van der Waals surface area contributed by atoms with Crippen molar-refractivity contribution in [1.82, 2.24) is 0 Å². The Morgan fingerprint density at radius 2 is 1.76 bits per heavy atom. The summed E-state index contributed by atoms with van der Waals surface area (Å²) >= 11 is 0. The third-order valence-corrected chi connectivity index (χ3v) is 2.42. The van der Waals surface area contributed by atoms with E-state index in [2.05, 4.69) is 5.32 Å². The fraction of sp³-hybridized carbons (Fsp3) is 0.333. The van der Waals surface area contributed by atoms with Crippen molar-refractivity contribution >= 4 is 17.6 Å². The minimum absolute atomic E-state index is 0.0386. The van der Waals surface area contributed by atoms with Gasteiger partial charge in [-0.1, -0.05) is 13.8 Å². The molecule has 1 atom stereocenters. The van der Waals surface area contributed by atoms with Crippen LogP contribution in [0.4, 0.5) is 5.69 Å². The summed E-state index contributed by atoms with van der Waals surface area (Å²) in [5.74, 6) is -1.45. The summed E-state index contributed by atoms with van der Waals surface area (Å²) in [4.78, 5) is 21.8. The van der Waals surface area contributed by atoms with E-state index in [-0.39, 0.29) is 5.92 Å². The summed E-state index contributed by atoms with van der Waals surface area (Å²) in [5, 5.41) is 11.9. The highest BCUT2D eigenvalue weighted by Gasteiger charge is 2.20. The highest BCUT2D eigenvalue weighted by molar-refractivity contribution is 5.93. The van der Waals surface area contributed by atoms with E-state index in [1.54, 1.807) is 24.3 Å². The molecule has 0 saturated carbocycles. The number of nitrogens with two attached hydrogens (primary N) is 1. The van der Waals surface area contributed by atoms with Crippen molar-refractivity contribution < 1.29 is 14.7 Å². The van der Waals surface area contributed by atoms with Gasteiger partial charge in [-0.2, -0.15) is 0 Å². The third-order valence-electron chi connectivity index (χ3n) is 2.42. The SMILES string of the molecule is CC(C)C(Nc1ccc(C(N)=O)cc1)C(=O)O. The molecule has 0 radical (unpaired) electrons. The summed E-state index contributed by atoms with van der Waals surface area (Å²) in [6, 6.07) is 5.74. The predicted octanol–water partition coefficient (Wildman–Crippen LogP) is 1.31. The molecular weight excluding hydrogens is 220 g/mol. The zero-order valence-electron chi connectivity index (χ0n) is 9.81. The number of aliphatic carboxylic acids is 1. The van der Waals surface area contributed by atoms with Crippen molar-refractivity contribution in [2.24, 2.45) is 11.7 Å². The Morgan fingerprint density at radius 3 is 2.12 bits per heavy atom. The number of rotatable bonds is 5. The Morgan fingerprint density at radius 1 is 1.24 bits per heavy atom. The van der Waals surface area contributed by atoms with E-state index in [1.165, 1.54) is 0 Å². The molecule has 0 aliphatic heterocycles. The van der Waals surface area contributed by atoms with Crippen LogP contribution in [0.2, 0.25) is 0 Å². The molecule has 92 valence electrons. The van der Waals surface area contributed by atoms with Crippen molar-refractivity contribution in [3.05, 3.63) is 29.8 Å². The molecule has 0 bridgehead atoms. The molecule has 1 aromatic carbocycles. The molecular formula is C12H16N2O3. The molecule has 5 heteroatoms. The first-order valence-corrected chi connectivity index (χ1v) is 5.31. The van der Waals surface area contributed by atoms with E-state index < -0.39 is 17.9 Å². The number of anilines is 1. The summed E-state index contributed by atoms with van der Waals surface area (Å²) < 4.78 is 0. The van der Waals surface area contributed by atoms with E-state index in [0.717, 1.165) is 0 Å². The normalized spacial score (nSPS) is 12.2. The van der Waals surface area contributed by atoms with Crippen LogP contribution in [0.15, 0.2) is 24.3 Å². The van der Waals surface area contributed by atoms with Gasteiger partial charge in [-0.3, -0.25) is 4.79 Å². The number of nitrogens with one attached hydrogen (secondary N) is 1. The van der Waals surface area contributed by atoms with E-state index in [4.69, 9.17) is 10.8 Å². The Balaban J connectivity index is 2.80. The van der Waals surface area contributed by atoms with Crippen molar-refractivity contribution in [3.63, 3.8) is 0 Å². The smallest absolute Gasteiger partial charge is 0.326 e. The number of carbonyl (C=O) groups is 2. The minimum atomic E-state index is -0.904. The fourth-order valence-electron chi connectivity index (χ4n) is 1.42. The van der Waals surface area contributed by atoms with Gasteiger partial charge in [-0.15, -0.1) is 0 Å². The van der Waals surface area contributed by atoms with Crippen LogP contribution in [0, 0.1) is 5.92 Å². The quantitative estimate of drug-likeness (QED) is 0.718. The van der Waals surface area contributed by atoms with Crippen LogP contribution < -0.4 is 11.1 Å². The zero-order valence-corrected chi connectivity index (χ0v) is 9.81. The average Bonchev–Trinajstić information content (AvgIpc) is 2.25. The van der Waals surface area contributed by atoms with Gasteiger partial charge in [-0.25, -0.2) is 4.79 Å². The number of carbonyl (C=O) groups excluding carboxylic acids is 1. The molecule has 1 aromatic rings. The van der Waals surface area contributed by atoms with Crippen molar-refractivity contribution in [2.75, 3.05) is 5.32 Å². The maximum Gasteiger partial charge on any atom is 0.326 e. The highest BCUT2D eigenvalue weighted by atomic mass is 16.4. The van der Waals surface area contributed by atoms with Crippen LogP contribution in [0.5, 0.6) is 0 Å². The van der Waals surface area contributed by atoms with Gasteiger partial charge in [-0.05, 0) is 30.2 Å². The van der Waals surface area contributed by atoms with Crippen LogP contribution in [0.1, 0.15) is 24.2 Å². The third kappa shape index (κ3) is 3.48. The summed E-state index contributed by atoms with van der Waals surface area (Å²) in [5.41, 5.74) is 6.15. The van der Waals surface area contributed by atoms with Gasteiger partial charge in [0.25, 0.3) is 0 Å². The molecule has 1 amide bonds. The van der Waals surface area contributed by atoms with Crippen LogP contribution in [-0.4, -0.2) is 23.0 Å². The van der Waals surface area contributed by atoms with Gasteiger partial charge in [0.05, 0.1) is 0 Å². The van der Waals surface area contributed by atoms with E-state index >= 15 is 0 Å². The maximum atomic E-state index is 11.0. The average molecular weight is 236 g/mol.